The van der Waals surface area contributed by atoms with Gasteiger partial charge in [-0.1, -0.05) is 36.4 Å². The smallest absolute Gasteiger partial charge is 0.261 e. The third-order valence-electron chi connectivity index (χ3n) is 4.02. The lowest BCUT2D eigenvalue weighted by atomic mass is 10.0. The van der Waals surface area contributed by atoms with Gasteiger partial charge in [0.2, 0.25) is 0 Å². The molecule has 4 nitrogen and oxygen atoms in total. The molecule has 1 heterocycles. The summed E-state index contributed by atoms with van der Waals surface area (Å²) in [6.45, 7) is 1.99. The zero-order valence-corrected chi connectivity index (χ0v) is 12.8. The average Bonchev–Trinajstić information content (AvgIpc) is 2.98. The number of ether oxygens (including phenoxy) is 1. The lowest BCUT2D eigenvalue weighted by Crippen LogP contribution is -2.39. The summed E-state index contributed by atoms with van der Waals surface area (Å²) in [6.07, 6.45) is -1.22. The standard InChI is InChI=1S/C18H18FNO3/c1-11-5-2-3-7-13(11)15(21)10-20-18(22)16-9-12-6-4-8-14(19)17(12)23-16/h2-8,15-16,21H,9-10H2,1H3,(H,20,22). The molecule has 2 aromatic rings. The molecular formula is C18H18FNO3. The van der Waals surface area contributed by atoms with Crippen LogP contribution in [-0.4, -0.2) is 23.7 Å². The Kier molecular flexibility index (Phi) is 4.30. The minimum Gasteiger partial charge on any atom is -0.477 e. The first-order chi connectivity index (χ1) is 11.1. The summed E-state index contributed by atoms with van der Waals surface area (Å²) in [5.41, 5.74) is 2.42. The molecule has 0 spiro atoms. The minimum atomic E-state index is -0.791. The Labute approximate surface area is 133 Å². The highest BCUT2D eigenvalue weighted by atomic mass is 19.1. The molecule has 1 amide bonds. The predicted molar refractivity (Wildman–Crippen MR) is 83.7 cm³/mol. The van der Waals surface area contributed by atoms with Gasteiger partial charge >= 0.3 is 0 Å². The Bertz CT molecular complexity index is 732. The van der Waals surface area contributed by atoms with Crippen LogP contribution in [0.25, 0.3) is 0 Å². The van der Waals surface area contributed by atoms with Crippen LogP contribution in [0, 0.1) is 12.7 Å². The van der Waals surface area contributed by atoms with Crippen LogP contribution in [-0.2, 0) is 11.2 Å². The Morgan fingerprint density at radius 3 is 2.87 bits per heavy atom. The molecule has 2 N–H and O–H groups in total. The van der Waals surface area contributed by atoms with Crippen LogP contribution in [0.3, 0.4) is 0 Å². The fourth-order valence-electron chi connectivity index (χ4n) is 2.76. The molecular weight excluding hydrogens is 297 g/mol. The summed E-state index contributed by atoms with van der Waals surface area (Å²) in [4.78, 5) is 12.2. The average molecular weight is 315 g/mol. The molecule has 0 saturated carbocycles. The fourth-order valence-corrected chi connectivity index (χ4v) is 2.76. The van der Waals surface area contributed by atoms with E-state index in [1.54, 1.807) is 12.1 Å². The van der Waals surface area contributed by atoms with E-state index in [0.29, 0.717) is 12.0 Å². The predicted octanol–water partition coefficient (Wildman–Crippen LogP) is 2.29. The maximum atomic E-state index is 13.6. The van der Waals surface area contributed by atoms with Crippen molar-refractivity contribution in [2.45, 2.75) is 25.6 Å². The second kappa shape index (κ2) is 6.38. The first-order valence-corrected chi connectivity index (χ1v) is 7.51. The molecule has 1 aliphatic rings. The minimum absolute atomic E-state index is 0.0857. The molecule has 3 rings (SSSR count). The number of rotatable bonds is 4. The normalized spacial score (nSPS) is 17.3. The number of carbonyl (C=O) groups excluding carboxylic acids is 1. The van der Waals surface area contributed by atoms with Crippen LogP contribution in [0.1, 0.15) is 22.8 Å². The van der Waals surface area contributed by atoms with E-state index in [9.17, 15) is 14.3 Å². The maximum absolute atomic E-state index is 13.6. The number of aryl methyl sites for hydroxylation is 1. The SMILES string of the molecule is Cc1ccccc1C(O)CNC(=O)C1Cc2cccc(F)c2O1. The number of nitrogens with one attached hydrogen (secondary N) is 1. The molecule has 0 aromatic heterocycles. The lowest BCUT2D eigenvalue weighted by molar-refractivity contribution is -0.127. The van der Waals surface area contributed by atoms with Crippen molar-refractivity contribution in [2.75, 3.05) is 6.54 Å². The van der Waals surface area contributed by atoms with E-state index in [2.05, 4.69) is 5.32 Å². The van der Waals surface area contributed by atoms with Gasteiger partial charge in [0.25, 0.3) is 5.91 Å². The first-order valence-electron chi connectivity index (χ1n) is 7.51. The molecule has 0 radical (unpaired) electrons. The Morgan fingerprint density at radius 1 is 1.35 bits per heavy atom. The topological polar surface area (TPSA) is 58.6 Å². The molecule has 0 fully saturated rings. The van der Waals surface area contributed by atoms with Crippen molar-refractivity contribution in [2.24, 2.45) is 0 Å². The summed E-state index contributed by atoms with van der Waals surface area (Å²) < 4.78 is 19.0. The molecule has 2 unspecified atom stereocenters. The van der Waals surface area contributed by atoms with Gasteiger partial charge in [-0.3, -0.25) is 4.79 Å². The number of benzene rings is 2. The van der Waals surface area contributed by atoms with Crippen LogP contribution in [0.5, 0.6) is 5.75 Å². The van der Waals surface area contributed by atoms with Crippen LogP contribution in [0.15, 0.2) is 42.5 Å². The molecule has 2 atom stereocenters. The highest BCUT2D eigenvalue weighted by Crippen LogP contribution is 2.31. The van der Waals surface area contributed by atoms with Gasteiger partial charge in [0.05, 0.1) is 6.10 Å². The van der Waals surface area contributed by atoms with Gasteiger partial charge in [0, 0.05) is 18.5 Å². The van der Waals surface area contributed by atoms with Crippen molar-refractivity contribution < 1.29 is 19.0 Å². The Morgan fingerprint density at radius 2 is 2.13 bits per heavy atom. The van der Waals surface area contributed by atoms with Gasteiger partial charge in [0.1, 0.15) is 0 Å². The van der Waals surface area contributed by atoms with Crippen molar-refractivity contribution in [1.82, 2.24) is 5.32 Å². The molecule has 120 valence electrons. The number of carbonyl (C=O) groups is 1. The van der Waals surface area contributed by atoms with Crippen molar-refractivity contribution >= 4 is 5.91 Å². The molecule has 23 heavy (non-hydrogen) atoms. The number of aliphatic hydroxyl groups excluding tert-OH is 1. The number of aliphatic hydroxyl groups is 1. The molecule has 0 saturated heterocycles. The van der Waals surface area contributed by atoms with Gasteiger partial charge in [0.15, 0.2) is 17.7 Å². The molecule has 1 aliphatic heterocycles. The van der Waals surface area contributed by atoms with Crippen molar-refractivity contribution in [1.29, 1.82) is 0 Å². The van der Waals surface area contributed by atoms with E-state index in [4.69, 9.17) is 4.74 Å². The Balaban J connectivity index is 1.59. The highest BCUT2D eigenvalue weighted by Gasteiger charge is 2.31. The van der Waals surface area contributed by atoms with E-state index in [1.165, 1.54) is 6.07 Å². The lowest BCUT2D eigenvalue weighted by Gasteiger charge is -2.16. The van der Waals surface area contributed by atoms with Crippen molar-refractivity contribution in [3.8, 4) is 5.75 Å². The van der Waals surface area contributed by atoms with Gasteiger partial charge in [-0.25, -0.2) is 4.39 Å². The maximum Gasteiger partial charge on any atom is 0.261 e. The van der Waals surface area contributed by atoms with Crippen molar-refractivity contribution in [3.63, 3.8) is 0 Å². The van der Waals surface area contributed by atoms with E-state index in [-0.39, 0.29) is 18.2 Å². The van der Waals surface area contributed by atoms with Crippen LogP contribution in [0.2, 0.25) is 0 Å². The zero-order chi connectivity index (χ0) is 16.4. The number of hydrogen-bond donors (Lipinski definition) is 2. The third-order valence-corrected chi connectivity index (χ3v) is 4.02. The van der Waals surface area contributed by atoms with Gasteiger partial charge < -0.3 is 15.2 Å². The molecule has 2 aromatic carbocycles. The molecule has 0 aliphatic carbocycles. The summed E-state index contributed by atoms with van der Waals surface area (Å²) in [5.74, 6) is -0.668. The largest absolute Gasteiger partial charge is 0.477 e. The van der Waals surface area contributed by atoms with E-state index in [0.717, 1.165) is 11.1 Å². The van der Waals surface area contributed by atoms with Crippen LogP contribution < -0.4 is 10.1 Å². The second-order valence-corrected chi connectivity index (χ2v) is 5.66. The number of para-hydroxylation sites is 1. The van der Waals surface area contributed by atoms with E-state index < -0.39 is 18.0 Å². The molecule has 0 bridgehead atoms. The van der Waals surface area contributed by atoms with E-state index in [1.807, 2.05) is 31.2 Å². The number of fused-ring (bicyclic) bond motifs is 1. The third kappa shape index (κ3) is 3.19. The van der Waals surface area contributed by atoms with E-state index >= 15 is 0 Å². The number of amides is 1. The second-order valence-electron chi connectivity index (χ2n) is 5.66. The summed E-state index contributed by atoms with van der Waals surface area (Å²) >= 11 is 0. The van der Waals surface area contributed by atoms with Crippen LogP contribution in [0.4, 0.5) is 4.39 Å². The van der Waals surface area contributed by atoms with Gasteiger partial charge in [-0.15, -0.1) is 0 Å². The quantitative estimate of drug-likeness (QED) is 0.910. The van der Waals surface area contributed by atoms with Gasteiger partial charge in [-0.05, 0) is 24.1 Å². The first kappa shape index (κ1) is 15.5. The highest BCUT2D eigenvalue weighted by molar-refractivity contribution is 5.82. The number of halogens is 1. The summed E-state index contributed by atoms with van der Waals surface area (Å²) in [6, 6.07) is 12.1. The van der Waals surface area contributed by atoms with Gasteiger partial charge in [-0.2, -0.15) is 0 Å². The molecule has 5 heteroatoms. The Hall–Kier alpha value is -2.40. The fraction of sp³-hybridized carbons (Fsp3) is 0.278. The zero-order valence-electron chi connectivity index (χ0n) is 12.8. The van der Waals surface area contributed by atoms with Crippen LogP contribution >= 0.6 is 0 Å². The number of hydrogen-bond acceptors (Lipinski definition) is 3. The monoisotopic (exact) mass is 315 g/mol. The summed E-state index contributed by atoms with van der Waals surface area (Å²) in [7, 11) is 0. The van der Waals surface area contributed by atoms with Crippen molar-refractivity contribution in [3.05, 3.63) is 65.0 Å². The summed E-state index contributed by atoms with van der Waals surface area (Å²) in [5, 5.41) is 12.9.